The van der Waals surface area contributed by atoms with Crippen molar-refractivity contribution in [2.75, 3.05) is 0 Å². The maximum absolute atomic E-state index is 10.6. The molecular formula is C15H15NO3S. The van der Waals surface area contributed by atoms with Crippen molar-refractivity contribution < 1.29 is 10.0 Å². The van der Waals surface area contributed by atoms with E-state index in [1.807, 2.05) is 31.2 Å². The van der Waals surface area contributed by atoms with E-state index in [4.69, 9.17) is 0 Å². The van der Waals surface area contributed by atoms with Gasteiger partial charge in [-0.2, -0.15) is 0 Å². The van der Waals surface area contributed by atoms with Crippen LogP contribution in [0.15, 0.2) is 58.3 Å². The topological polar surface area (TPSA) is 63.4 Å². The number of non-ortho nitro benzene ring substituents is 1. The molecule has 1 N–H and O–H groups in total. The van der Waals surface area contributed by atoms with E-state index in [1.165, 1.54) is 23.9 Å². The van der Waals surface area contributed by atoms with Gasteiger partial charge in [-0.15, -0.1) is 0 Å². The van der Waals surface area contributed by atoms with Crippen molar-refractivity contribution in [2.24, 2.45) is 0 Å². The summed E-state index contributed by atoms with van der Waals surface area (Å²) >= 11 is 1.53. The first-order valence-electron chi connectivity index (χ1n) is 6.30. The molecule has 0 aliphatic rings. The number of aliphatic hydroxyl groups is 1. The molecule has 5 heteroatoms. The number of aliphatic hydroxyl groups excluding tert-OH is 1. The fourth-order valence-electron chi connectivity index (χ4n) is 1.77. The van der Waals surface area contributed by atoms with Crippen LogP contribution in [0.4, 0.5) is 5.69 Å². The summed E-state index contributed by atoms with van der Waals surface area (Å²) in [7, 11) is 0. The van der Waals surface area contributed by atoms with Crippen molar-refractivity contribution >= 4 is 17.4 Å². The molecule has 2 rings (SSSR count). The van der Waals surface area contributed by atoms with Crippen LogP contribution in [0.3, 0.4) is 0 Å². The van der Waals surface area contributed by atoms with Crippen LogP contribution in [0.25, 0.3) is 0 Å². The van der Waals surface area contributed by atoms with Crippen LogP contribution in [0.2, 0.25) is 0 Å². The maximum Gasteiger partial charge on any atom is 0.269 e. The highest BCUT2D eigenvalue weighted by Crippen LogP contribution is 2.30. The first-order valence-corrected chi connectivity index (χ1v) is 7.12. The largest absolute Gasteiger partial charge is 0.388 e. The Morgan fingerprint density at radius 1 is 1.10 bits per heavy atom. The van der Waals surface area contributed by atoms with Gasteiger partial charge in [0.15, 0.2) is 0 Å². The summed E-state index contributed by atoms with van der Waals surface area (Å²) in [4.78, 5) is 12.1. The molecule has 4 nitrogen and oxygen atoms in total. The molecule has 104 valence electrons. The molecule has 20 heavy (non-hydrogen) atoms. The molecule has 0 bridgehead atoms. The Bertz CT molecular complexity index is 581. The zero-order valence-corrected chi connectivity index (χ0v) is 11.8. The molecule has 1 atom stereocenters. The lowest BCUT2D eigenvalue weighted by Gasteiger charge is -2.08. The van der Waals surface area contributed by atoms with E-state index in [0.29, 0.717) is 6.42 Å². The number of nitrogens with zero attached hydrogens (tertiary/aromatic N) is 1. The summed E-state index contributed by atoms with van der Waals surface area (Å²) in [6.45, 7) is 1.93. The molecule has 2 aromatic rings. The molecule has 0 aliphatic heterocycles. The molecular weight excluding hydrogens is 274 g/mol. The zero-order valence-electron chi connectivity index (χ0n) is 11.0. The van der Waals surface area contributed by atoms with E-state index in [0.717, 1.165) is 15.4 Å². The van der Waals surface area contributed by atoms with Crippen LogP contribution in [-0.4, -0.2) is 10.0 Å². The van der Waals surface area contributed by atoms with Crippen LogP contribution in [-0.2, 0) is 0 Å². The normalized spacial score (nSPS) is 12.1. The van der Waals surface area contributed by atoms with Crippen molar-refractivity contribution in [1.29, 1.82) is 0 Å². The van der Waals surface area contributed by atoms with Crippen LogP contribution in [0.1, 0.15) is 25.0 Å². The Morgan fingerprint density at radius 2 is 1.60 bits per heavy atom. The third-order valence-electron chi connectivity index (χ3n) is 2.93. The van der Waals surface area contributed by atoms with Gasteiger partial charge in [-0.05, 0) is 36.2 Å². The Labute approximate surface area is 121 Å². The number of nitro groups is 1. The van der Waals surface area contributed by atoms with E-state index < -0.39 is 11.0 Å². The van der Waals surface area contributed by atoms with Crippen molar-refractivity contribution in [3.8, 4) is 0 Å². The van der Waals surface area contributed by atoms with Gasteiger partial charge in [0.25, 0.3) is 5.69 Å². The molecule has 0 aromatic heterocycles. The minimum atomic E-state index is -0.423. The Morgan fingerprint density at radius 3 is 2.05 bits per heavy atom. The van der Waals surface area contributed by atoms with Gasteiger partial charge in [-0.3, -0.25) is 10.1 Å². The second-order valence-corrected chi connectivity index (χ2v) is 5.49. The van der Waals surface area contributed by atoms with Gasteiger partial charge in [0.1, 0.15) is 0 Å². The summed E-state index contributed by atoms with van der Waals surface area (Å²) in [6.07, 6.45) is 0.267. The van der Waals surface area contributed by atoms with Crippen LogP contribution in [0.5, 0.6) is 0 Å². The predicted octanol–water partition coefficient (Wildman–Crippen LogP) is 4.19. The van der Waals surface area contributed by atoms with E-state index in [2.05, 4.69) is 0 Å². The Hall–Kier alpha value is -1.85. The third-order valence-corrected chi connectivity index (χ3v) is 3.95. The number of benzene rings is 2. The van der Waals surface area contributed by atoms with Gasteiger partial charge in [0.05, 0.1) is 11.0 Å². The predicted molar refractivity (Wildman–Crippen MR) is 78.9 cm³/mol. The maximum atomic E-state index is 10.6. The number of rotatable bonds is 5. The zero-order chi connectivity index (χ0) is 14.5. The van der Waals surface area contributed by atoms with Gasteiger partial charge in [0, 0.05) is 21.9 Å². The average molecular weight is 289 g/mol. The second kappa shape index (κ2) is 6.54. The summed E-state index contributed by atoms with van der Waals surface area (Å²) < 4.78 is 0. The number of hydrogen-bond acceptors (Lipinski definition) is 4. The second-order valence-electron chi connectivity index (χ2n) is 4.35. The molecule has 0 radical (unpaired) electrons. The van der Waals surface area contributed by atoms with Crippen LogP contribution in [0, 0.1) is 10.1 Å². The number of hydrogen-bond donors (Lipinski definition) is 1. The third kappa shape index (κ3) is 3.59. The van der Waals surface area contributed by atoms with Gasteiger partial charge in [-0.1, -0.05) is 30.8 Å². The van der Waals surface area contributed by atoms with Crippen LogP contribution >= 0.6 is 11.8 Å². The van der Waals surface area contributed by atoms with Crippen molar-refractivity contribution in [3.63, 3.8) is 0 Å². The standard InChI is InChI=1S/C15H15NO3S/c1-2-15(17)11-3-7-13(8-4-11)20-14-9-5-12(6-10-14)16(18)19/h3-10,15,17H,2H2,1H3/t15-/m1/s1. The highest BCUT2D eigenvalue weighted by atomic mass is 32.2. The molecule has 0 spiro atoms. The Balaban J connectivity index is 2.08. The average Bonchev–Trinajstić information content (AvgIpc) is 2.48. The fraction of sp³-hybridized carbons (Fsp3) is 0.200. The van der Waals surface area contributed by atoms with Crippen molar-refractivity contribution in [2.45, 2.75) is 29.2 Å². The number of nitro benzene ring substituents is 1. The van der Waals surface area contributed by atoms with E-state index >= 15 is 0 Å². The lowest BCUT2D eigenvalue weighted by molar-refractivity contribution is -0.384. The molecule has 0 fully saturated rings. The van der Waals surface area contributed by atoms with Crippen molar-refractivity contribution in [1.82, 2.24) is 0 Å². The first-order chi connectivity index (χ1) is 9.60. The minimum Gasteiger partial charge on any atom is -0.388 e. The van der Waals surface area contributed by atoms with E-state index in [9.17, 15) is 15.2 Å². The molecule has 0 heterocycles. The fourth-order valence-corrected chi connectivity index (χ4v) is 2.58. The lowest BCUT2D eigenvalue weighted by atomic mass is 10.1. The van der Waals surface area contributed by atoms with E-state index in [-0.39, 0.29) is 5.69 Å². The molecule has 0 aliphatic carbocycles. The minimum absolute atomic E-state index is 0.0933. The monoisotopic (exact) mass is 289 g/mol. The molecule has 0 unspecified atom stereocenters. The van der Waals surface area contributed by atoms with Gasteiger partial charge in [0.2, 0.25) is 0 Å². The van der Waals surface area contributed by atoms with E-state index in [1.54, 1.807) is 12.1 Å². The van der Waals surface area contributed by atoms with Gasteiger partial charge in [-0.25, -0.2) is 0 Å². The van der Waals surface area contributed by atoms with Gasteiger partial charge >= 0.3 is 0 Å². The molecule has 0 amide bonds. The quantitative estimate of drug-likeness (QED) is 0.662. The highest BCUT2D eigenvalue weighted by Gasteiger charge is 2.06. The summed E-state index contributed by atoms with van der Waals surface area (Å²) in [6, 6.07) is 14.2. The Kier molecular flexibility index (Phi) is 4.76. The smallest absolute Gasteiger partial charge is 0.269 e. The highest BCUT2D eigenvalue weighted by molar-refractivity contribution is 7.99. The SMILES string of the molecule is CC[C@@H](O)c1ccc(Sc2ccc([N+](=O)[O-])cc2)cc1. The van der Waals surface area contributed by atoms with Gasteiger partial charge < -0.3 is 5.11 Å². The summed E-state index contributed by atoms with van der Waals surface area (Å²) in [5.74, 6) is 0. The molecule has 2 aromatic carbocycles. The summed E-state index contributed by atoms with van der Waals surface area (Å²) in [5, 5.41) is 20.3. The van der Waals surface area contributed by atoms with Crippen LogP contribution < -0.4 is 0 Å². The summed E-state index contributed by atoms with van der Waals surface area (Å²) in [5.41, 5.74) is 0.997. The molecule has 0 saturated heterocycles. The molecule has 0 saturated carbocycles. The lowest BCUT2D eigenvalue weighted by Crippen LogP contribution is -1.94. The van der Waals surface area contributed by atoms with Crippen molar-refractivity contribution in [3.05, 3.63) is 64.2 Å². The first kappa shape index (κ1) is 14.6.